The molecular weight excluding hydrogens is 312 g/mol. The molecule has 0 saturated heterocycles. The van der Waals surface area contributed by atoms with Crippen molar-refractivity contribution in [3.63, 3.8) is 0 Å². The zero-order valence-corrected chi connectivity index (χ0v) is 12.2. The van der Waals surface area contributed by atoms with Crippen molar-refractivity contribution in [1.82, 2.24) is 10.3 Å². The van der Waals surface area contributed by atoms with E-state index in [9.17, 15) is 0 Å². The van der Waals surface area contributed by atoms with Crippen molar-refractivity contribution >= 4 is 27.5 Å². The molecule has 0 unspecified atom stereocenters. The van der Waals surface area contributed by atoms with Crippen LogP contribution in [0.1, 0.15) is 11.1 Å². The first-order valence-electron chi connectivity index (χ1n) is 5.79. The van der Waals surface area contributed by atoms with Crippen LogP contribution < -0.4 is 5.32 Å². The molecule has 0 radical (unpaired) electrons. The Morgan fingerprint density at radius 2 is 2.17 bits per heavy atom. The SMILES string of the molecule is Clc1ccc(Br)cc1CNCCc1cccnc1. The highest BCUT2D eigenvalue weighted by molar-refractivity contribution is 9.10. The van der Waals surface area contributed by atoms with E-state index in [4.69, 9.17) is 11.6 Å². The number of benzene rings is 1. The van der Waals surface area contributed by atoms with E-state index in [2.05, 4.69) is 32.3 Å². The van der Waals surface area contributed by atoms with Gasteiger partial charge < -0.3 is 5.32 Å². The van der Waals surface area contributed by atoms with Crippen LogP contribution >= 0.6 is 27.5 Å². The molecule has 1 N–H and O–H groups in total. The second kappa shape index (κ2) is 6.88. The van der Waals surface area contributed by atoms with Crippen molar-refractivity contribution in [2.24, 2.45) is 0 Å². The fourth-order valence-electron chi connectivity index (χ4n) is 1.68. The van der Waals surface area contributed by atoms with Crippen LogP contribution in [-0.2, 0) is 13.0 Å². The van der Waals surface area contributed by atoms with E-state index in [0.29, 0.717) is 0 Å². The van der Waals surface area contributed by atoms with E-state index < -0.39 is 0 Å². The molecule has 4 heteroatoms. The van der Waals surface area contributed by atoms with Crippen LogP contribution in [0.4, 0.5) is 0 Å². The molecule has 1 aromatic heterocycles. The third-order valence-corrected chi connectivity index (χ3v) is 3.50. The van der Waals surface area contributed by atoms with Gasteiger partial charge in [-0.05, 0) is 48.4 Å². The molecule has 1 heterocycles. The number of hydrogen-bond donors (Lipinski definition) is 1. The number of rotatable bonds is 5. The maximum Gasteiger partial charge on any atom is 0.0451 e. The first-order valence-corrected chi connectivity index (χ1v) is 6.96. The maximum atomic E-state index is 6.12. The van der Waals surface area contributed by atoms with Crippen LogP contribution in [0.2, 0.25) is 5.02 Å². The van der Waals surface area contributed by atoms with Gasteiger partial charge in [0.25, 0.3) is 0 Å². The van der Waals surface area contributed by atoms with E-state index in [1.165, 1.54) is 5.56 Å². The Labute approximate surface area is 121 Å². The summed E-state index contributed by atoms with van der Waals surface area (Å²) in [5, 5.41) is 4.18. The topological polar surface area (TPSA) is 24.9 Å². The summed E-state index contributed by atoms with van der Waals surface area (Å²) in [7, 11) is 0. The van der Waals surface area contributed by atoms with Crippen molar-refractivity contribution in [2.45, 2.75) is 13.0 Å². The highest BCUT2D eigenvalue weighted by Gasteiger charge is 2.00. The average molecular weight is 326 g/mol. The van der Waals surface area contributed by atoms with Crippen molar-refractivity contribution in [3.8, 4) is 0 Å². The molecule has 0 fully saturated rings. The Morgan fingerprint density at radius 1 is 1.28 bits per heavy atom. The first kappa shape index (κ1) is 13.5. The Bertz CT molecular complexity index is 502. The smallest absolute Gasteiger partial charge is 0.0451 e. The van der Waals surface area contributed by atoms with Crippen LogP contribution in [0.5, 0.6) is 0 Å². The zero-order valence-electron chi connectivity index (χ0n) is 9.87. The molecule has 2 rings (SSSR count). The Balaban J connectivity index is 1.80. The Morgan fingerprint density at radius 3 is 2.94 bits per heavy atom. The number of pyridine rings is 1. The van der Waals surface area contributed by atoms with Crippen molar-refractivity contribution in [1.29, 1.82) is 0 Å². The summed E-state index contributed by atoms with van der Waals surface area (Å²) in [6.45, 7) is 1.69. The van der Waals surface area contributed by atoms with Gasteiger partial charge >= 0.3 is 0 Å². The maximum absolute atomic E-state index is 6.12. The third-order valence-electron chi connectivity index (χ3n) is 2.64. The van der Waals surface area contributed by atoms with Crippen molar-refractivity contribution in [3.05, 3.63) is 63.3 Å². The zero-order chi connectivity index (χ0) is 12.8. The van der Waals surface area contributed by atoms with Gasteiger partial charge in [0.05, 0.1) is 0 Å². The third kappa shape index (κ3) is 4.09. The molecule has 2 nitrogen and oxygen atoms in total. The van der Waals surface area contributed by atoms with Crippen LogP contribution in [0.25, 0.3) is 0 Å². The fraction of sp³-hybridized carbons (Fsp3) is 0.214. The molecule has 0 amide bonds. The Kier molecular flexibility index (Phi) is 5.17. The summed E-state index contributed by atoms with van der Waals surface area (Å²) >= 11 is 9.57. The molecule has 0 bridgehead atoms. The van der Waals surface area contributed by atoms with Gasteiger partial charge in [0.15, 0.2) is 0 Å². The normalized spacial score (nSPS) is 10.6. The number of halogens is 2. The molecule has 18 heavy (non-hydrogen) atoms. The molecular formula is C14H14BrClN2. The quantitative estimate of drug-likeness (QED) is 0.845. The van der Waals surface area contributed by atoms with E-state index >= 15 is 0 Å². The summed E-state index contributed by atoms with van der Waals surface area (Å²) in [6, 6.07) is 9.94. The minimum atomic E-state index is 0.776. The van der Waals surface area contributed by atoms with Crippen molar-refractivity contribution < 1.29 is 0 Å². The van der Waals surface area contributed by atoms with Gasteiger partial charge in [0.2, 0.25) is 0 Å². The van der Waals surface area contributed by atoms with E-state index in [1.54, 1.807) is 6.20 Å². The Hall–Kier alpha value is -0.900. The largest absolute Gasteiger partial charge is 0.312 e. The molecule has 0 aliphatic carbocycles. The molecule has 0 atom stereocenters. The van der Waals surface area contributed by atoms with Crippen LogP contribution in [0.15, 0.2) is 47.2 Å². The fourth-order valence-corrected chi connectivity index (χ4v) is 2.27. The van der Waals surface area contributed by atoms with Gasteiger partial charge in [-0.15, -0.1) is 0 Å². The second-order valence-electron chi connectivity index (χ2n) is 4.02. The number of hydrogen-bond acceptors (Lipinski definition) is 2. The minimum Gasteiger partial charge on any atom is -0.312 e. The predicted octanol–water partition coefficient (Wildman–Crippen LogP) is 3.83. The lowest BCUT2D eigenvalue weighted by molar-refractivity contribution is 0.686. The number of nitrogens with zero attached hydrogens (tertiary/aromatic N) is 1. The molecule has 94 valence electrons. The summed E-state index contributed by atoms with van der Waals surface area (Å²) < 4.78 is 1.05. The number of aromatic nitrogens is 1. The number of nitrogens with one attached hydrogen (secondary N) is 1. The highest BCUT2D eigenvalue weighted by atomic mass is 79.9. The lowest BCUT2D eigenvalue weighted by Crippen LogP contribution is -2.17. The second-order valence-corrected chi connectivity index (χ2v) is 5.35. The summed E-state index contributed by atoms with van der Waals surface area (Å²) in [4.78, 5) is 4.09. The van der Waals surface area contributed by atoms with Gasteiger partial charge in [-0.25, -0.2) is 0 Å². The first-order chi connectivity index (χ1) is 8.75. The van der Waals surface area contributed by atoms with Gasteiger partial charge in [-0.2, -0.15) is 0 Å². The van der Waals surface area contributed by atoms with Crippen LogP contribution in [0, 0.1) is 0 Å². The van der Waals surface area contributed by atoms with E-state index in [0.717, 1.165) is 34.6 Å². The van der Waals surface area contributed by atoms with Gasteiger partial charge in [0, 0.05) is 28.4 Å². The van der Waals surface area contributed by atoms with Gasteiger partial charge in [0.1, 0.15) is 0 Å². The molecule has 0 aliphatic rings. The van der Waals surface area contributed by atoms with Gasteiger partial charge in [-0.3, -0.25) is 4.98 Å². The monoisotopic (exact) mass is 324 g/mol. The minimum absolute atomic E-state index is 0.776. The van der Waals surface area contributed by atoms with E-state index in [-0.39, 0.29) is 0 Å². The summed E-state index contributed by atoms with van der Waals surface area (Å²) in [5.41, 5.74) is 2.35. The summed E-state index contributed by atoms with van der Waals surface area (Å²) in [5.74, 6) is 0. The van der Waals surface area contributed by atoms with Crippen LogP contribution in [-0.4, -0.2) is 11.5 Å². The molecule has 0 saturated carbocycles. The molecule has 0 spiro atoms. The highest BCUT2D eigenvalue weighted by Crippen LogP contribution is 2.20. The van der Waals surface area contributed by atoms with E-state index in [1.807, 2.05) is 30.5 Å². The predicted molar refractivity (Wildman–Crippen MR) is 78.8 cm³/mol. The van der Waals surface area contributed by atoms with Gasteiger partial charge in [-0.1, -0.05) is 33.6 Å². The average Bonchev–Trinajstić information content (AvgIpc) is 2.40. The molecule has 2 aromatic rings. The summed E-state index contributed by atoms with van der Waals surface area (Å²) in [6.07, 6.45) is 4.66. The lowest BCUT2D eigenvalue weighted by atomic mass is 10.2. The molecule has 0 aliphatic heterocycles. The standard InChI is InChI=1S/C14H14BrClN2/c15-13-3-4-14(16)12(8-13)10-18-7-5-11-2-1-6-17-9-11/h1-4,6,8-9,18H,5,7,10H2. The van der Waals surface area contributed by atoms with Crippen LogP contribution in [0.3, 0.4) is 0 Å². The van der Waals surface area contributed by atoms with Crippen molar-refractivity contribution in [2.75, 3.05) is 6.54 Å². The molecule has 1 aromatic carbocycles. The lowest BCUT2D eigenvalue weighted by Gasteiger charge is -2.07.